The molecule has 0 radical (unpaired) electrons. The lowest BCUT2D eigenvalue weighted by Crippen LogP contribution is -2.11. The predicted octanol–water partition coefficient (Wildman–Crippen LogP) is 0.727. The number of aromatic amines is 1. The lowest BCUT2D eigenvalue weighted by molar-refractivity contribution is 0.278. The van der Waals surface area contributed by atoms with Crippen molar-refractivity contribution in [3.05, 3.63) is 35.7 Å². The highest BCUT2D eigenvalue weighted by atomic mass is 32.2. The number of hydrogen-bond donors (Lipinski definition) is 3. The molecule has 2 aromatic heterocycles. The second kappa shape index (κ2) is 4.53. The zero-order valence-electron chi connectivity index (χ0n) is 10.7. The van der Waals surface area contributed by atoms with Gasteiger partial charge in [0.2, 0.25) is 10.0 Å². The van der Waals surface area contributed by atoms with E-state index in [-0.39, 0.29) is 17.2 Å². The van der Waals surface area contributed by atoms with Crippen molar-refractivity contribution >= 4 is 31.8 Å². The number of hydrogen-bond acceptors (Lipinski definition) is 5. The third-order valence-corrected chi connectivity index (χ3v) is 4.14. The maximum Gasteiger partial charge on any atom is 0.238 e. The van der Waals surface area contributed by atoms with E-state index < -0.39 is 10.0 Å². The van der Waals surface area contributed by atoms with Crippen LogP contribution in [0.25, 0.3) is 21.8 Å². The van der Waals surface area contributed by atoms with Crippen LogP contribution in [0.3, 0.4) is 0 Å². The maximum atomic E-state index is 11.4. The number of aliphatic hydroxyl groups is 1. The topological polar surface area (TPSA) is 133 Å². The minimum absolute atomic E-state index is 0.0169. The van der Waals surface area contributed by atoms with Gasteiger partial charge in [-0.1, -0.05) is 0 Å². The summed E-state index contributed by atoms with van der Waals surface area (Å²) in [5.74, 6) is 0. The van der Waals surface area contributed by atoms with Crippen LogP contribution in [0.4, 0.5) is 0 Å². The molecule has 0 unspecified atom stereocenters. The summed E-state index contributed by atoms with van der Waals surface area (Å²) in [7, 11) is -3.82. The lowest BCUT2D eigenvalue weighted by atomic mass is 10.1. The largest absolute Gasteiger partial charge is 0.390 e. The molecule has 7 nitrogen and oxygen atoms in total. The fraction of sp³-hybridized carbons (Fsp3) is 0.0769. The van der Waals surface area contributed by atoms with Gasteiger partial charge in [0.1, 0.15) is 11.8 Å². The number of nitrogens with one attached hydrogen (secondary N) is 1. The van der Waals surface area contributed by atoms with E-state index >= 15 is 0 Å². The van der Waals surface area contributed by atoms with E-state index in [0.717, 1.165) is 0 Å². The van der Waals surface area contributed by atoms with Gasteiger partial charge in [0.15, 0.2) is 0 Å². The van der Waals surface area contributed by atoms with Gasteiger partial charge in [0, 0.05) is 16.3 Å². The number of fused-ring (bicyclic) bond motifs is 3. The van der Waals surface area contributed by atoms with Gasteiger partial charge in [-0.05, 0) is 24.3 Å². The summed E-state index contributed by atoms with van der Waals surface area (Å²) in [4.78, 5) is 7.06. The molecule has 0 bridgehead atoms. The van der Waals surface area contributed by atoms with Gasteiger partial charge in [-0.15, -0.1) is 0 Å². The Morgan fingerprint density at radius 1 is 1.33 bits per heavy atom. The molecule has 0 saturated heterocycles. The highest BCUT2D eigenvalue weighted by molar-refractivity contribution is 7.89. The highest BCUT2D eigenvalue weighted by Crippen LogP contribution is 2.29. The molecule has 21 heavy (non-hydrogen) atoms. The molecular weight excluding hydrogens is 292 g/mol. The molecule has 3 rings (SSSR count). The zero-order chi connectivity index (χ0) is 15.2. The van der Waals surface area contributed by atoms with Crippen LogP contribution in [-0.2, 0) is 16.6 Å². The third-order valence-electron chi connectivity index (χ3n) is 3.23. The van der Waals surface area contributed by atoms with Gasteiger partial charge in [-0.2, -0.15) is 5.26 Å². The molecule has 0 aliphatic carbocycles. The molecule has 0 amide bonds. The SMILES string of the molecule is N#Cc1cc2c([nH]c3ccc(S(N)(=O)=O)cc32)c(CO)n1. The summed E-state index contributed by atoms with van der Waals surface area (Å²) < 4.78 is 22.9. The Kier molecular flexibility index (Phi) is 2.91. The molecule has 106 valence electrons. The molecule has 0 atom stereocenters. The Bertz CT molecular complexity index is 1020. The second-order valence-electron chi connectivity index (χ2n) is 4.52. The van der Waals surface area contributed by atoms with Crippen LogP contribution in [0.5, 0.6) is 0 Å². The van der Waals surface area contributed by atoms with Crippen molar-refractivity contribution in [3.8, 4) is 6.07 Å². The van der Waals surface area contributed by atoms with Crippen LogP contribution in [0, 0.1) is 11.3 Å². The Labute approximate surface area is 119 Å². The van der Waals surface area contributed by atoms with Crippen molar-refractivity contribution in [2.24, 2.45) is 5.14 Å². The molecule has 0 spiro atoms. The normalized spacial score (nSPS) is 11.9. The van der Waals surface area contributed by atoms with Crippen molar-refractivity contribution in [1.29, 1.82) is 5.26 Å². The molecule has 2 heterocycles. The second-order valence-corrected chi connectivity index (χ2v) is 6.09. The van der Waals surface area contributed by atoms with Crippen LogP contribution in [-0.4, -0.2) is 23.5 Å². The first-order valence-corrected chi connectivity index (χ1v) is 7.48. The summed E-state index contributed by atoms with van der Waals surface area (Å²) in [6, 6.07) is 7.87. The fourth-order valence-electron chi connectivity index (χ4n) is 2.29. The smallest absolute Gasteiger partial charge is 0.238 e. The number of nitrogens with two attached hydrogens (primary N) is 1. The molecule has 4 N–H and O–H groups in total. The first kappa shape index (κ1) is 13.5. The summed E-state index contributed by atoms with van der Waals surface area (Å²) in [6.07, 6.45) is 0. The molecule has 0 fully saturated rings. The third kappa shape index (κ3) is 2.13. The zero-order valence-corrected chi connectivity index (χ0v) is 11.5. The minimum Gasteiger partial charge on any atom is -0.390 e. The average molecular weight is 302 g/mol. The molecule has 0 aliphatic heterocycles. The number of aromatic nitrogens is 2. The Morgan fingerprint density at radius 2 is 2.10 bits per heavy atom. The van der Waals surface area contributed by atoms with E-state index in [4.69, 9.17) is 10.4 Å². The van der Waals surface area contributed by atoms with E-state index in [1.54, 1.807) is 12.1 Å². The number of primary sulfonamides is 1. The van der Waals surface area contributed by atoms with Crippen molar-refractivity contribution in [2.75, 3.05) is 0 Å². The Balaban J connectivity index is 2.47. The number of benzene rings is 1. The van der Waals surface area contributed by atoms with Crippen molar-refractivity contribution in [2.45, 2.75) is 11.5 Å². The Hall–Kier alpha value is -2.47. The summed E-state index contributed by atoms with van der Waals surface area (Å²) in [5.41, 5.74) is 1.72. The van der Waals surface area contributed by atoms with Crippen LogP contribution >= 0.6 is 0 Å². The van der Waals surface area contributed by atoms with Crippen LogP contribution in [0.2, 0.25) is 0 Å². The van der Waals surface area contributed by atoms with Gasteiger partial charge >= 0.3 is 0 Å². The number of rotatable bonds is 2. The number of pyridine rings is 1. The van der Waals surface area contributed by atoms with Crippen LogP contribution in [0.1, 0.15) is 11.4 Å². The molecule has 3 aromatic rings. The lowest BCUT2D eigenvalue weighted by Gasteiger charge is -2.00. The van der Waals surface area contributed by atoms with E-state index in [1.165, 1.54) is 12.1 Å². The highest BCUT2D eigenvalue weighted by Gasteiger charge is 2.14. The van der Waals surface area contributed by atoms with Gasteiger partial charge in [-0.25, -0.2) is 18.5 Å². The van der Waals surface area contributed by atoms with Crippen molar-refractivity contribution in [3.63, 3.8) is 0 Å². The standard InChI is InChI=1S/C13H10N4O3S/c14-5-7-3-10-9-4-8(21(15,19)20)1-2-11(9)17-13(10)12(6-18)16-7/h1-4,17-18H,6H2,(H2,15,19,20). The maximum absolute atomic E-state index is 11.4. The van der Waals surface area contributed by atoms with Gasteiger partial charge < -0.3 is 10.1 Å². The molecule has 8 heteroatoms. The van der Waals surface area contributed by atoms with Crippen molar-refractivity contribution in [1.82, 2.24) is 9.97 Å². The van der Waals surface area contributed by atoms with Crippen LogP contribution in [0.15, 0.2) is 29.2 Å². The number of nitriles is 1. The van der Waals surface area contributed by atoms with E-state index in [1.807, 2.05) is 6.07 Å². The molecule has 1 aromatic carbocycles. The fourth-order valence-corrected chi connectivity index (χ4v) is 2.83. The van der Waals surface area contributed by atoms with Gasteiger partial charge in [0.25, 0.3) is 0 Å². The molecule has 0 saturated carbocycles. The first-order valence-electron chi connectivity index (χ1n) is 5.93. The van der Waals surface area contributed by atoms with E-state index in [2.05, 4.69) is 9.97 Å². The first-order chi connectivity index (χ1) is 9.94. The summed E-state index contributed by atoms with van der Waals surface area (Å²) in [5, 5.41) is 24.7. The number of H-pyrrole nitrogens is 1. The minimum atomic E-state index is -3.82. The molecular formula is C13H10N4O3S. The summed E-state index contributed by atoms with van der Waals surface area (Å²) >= 11 is 0. The Morgan fingerprint density at radius 3 is 2.71 bits per heavy atom. The predicted molar refractivity (Wildman–Crippen MR) is 75.6 cm³/mol. The monoisotopic (exact) mass is 302 g/mol. The average Bonchev–Trinajstić information content (AvgIpc) is 2.83. The molecule has 0 aliphatic rings. The number of nitrogens with zero attached hydrogens (tertiary/aromatic N) is 2. The van der Waals surface area contributed by atoms with E-state index in [0.29, 0.717) is 27.5 Å². The number of aliphatic hydroxyl groups excluding tert-OH is 1. The van der Waals surface area contributed by atoms with Crippen LogP contribution < -0.4 is 5.14 Å². The summed E-state index contributed by atoms with van der Waals surface area (Å²) in [6.45, 7) is -0.332. The number of sulfonamides is 1. The van der Waals surface area contributed by atoms with Crippen molar-refractivity contribution < 1.29 is 13.5 Å². The van der Waals surface area contributed by atoms with E-state index in [9.17, 15) is 13.5 Å². The van der Waals surface area contributed by atoms with Gasteiger partial charge in [-0.3, -0.25) is 0 Å². The van der Waals surface area contributed by atoms with Gasteiger partial charge in [0.05, 0.1) is 22.7 Å². The quantitative estimate of drug-likeness (QED) is 0.641.